The number of rotatable bonds is 12. The van der Waals surface area contributed by atoms with Crippen LogP contribution >= 0.6 is 46.4 Å². The molecule has 0 radical (unpaired) electrons. The maximum absolute atomic E-state index is 12.2. The van der Waals surface area contributed by atoms with Gasteiger partial charge in [0.25, 0.3) is 0 Å². The molecular weight excluding hydrogens is 515 g/mol. The van der Waals surface area contributed by atoms with Crippen LogP contribution in [-0.2, 0) is 0 Å². The molecule has 0 bridgehead atoms. The smallest absolute Gasteiger partial charge is 0.422 e. The number of hydrogen-bond acceptors (Lipinski definition) is 4. The zero-order valence-corrected chi connectivity index (χ0v) is 19.6. The Morgan fingerprint density at radius 2 is 1.41 bits per heavy atom. The predicted octanol–water partition coefficient (Wildman–Crippen LogP) is 7.87. The lowest BCUT2D eigenvalue weighted by atomic mass is 10.3. The highest BCUT2D eigenvalue weighted by Gasteiger charge is 2.28. The van der Waals surface area contributed by atoms with Gasteiger partial charge in [-0.3, -0.25) is 0 Å². The van der Waals surface area contributed by atoms with Crippen molar-refractivity contribution in [3.05, 3.63) is 57.0 Å². The SMILES string of the molecule is FC(F)(F)COc1cccc(OCCCCOc2c(Cl)cc(OCC=C(Cl)Cl)cc2Cl)c1. The minimum Gasteiger partial charge on any atom is -0.493 e. The summed E-state index contributed by atoms with van der Waals surface area (Å²) >= 11 is 23.4. The average Bonchev–Trinajstić information content (AvgIpc) is 2.70. The van der Waals surface area contributed by atoms with E-state index in [1.54, 1.807) is 24.3 Å². The molecule has 176 valence electrons. The Bertz CT molecular complexity index is 880. The molecular formula is C21H19Cl4F3O4. The number of benzene rings is 2. The van der Waals surface area contributed by atoms with E-state index in [2.05, 4.69) is 0 Å². The molecule has 11 heteroatoms. The standard InChI is InChI=1S/C21H19Cl4F3O4/c22-17-11-16(30-9-6-19(24)25)12-18(23)20(17)31-8-2-1-7-29-14-4-3-5-15(10-14)32-13-21(26,27)28/h3-6,10-12H,1-2,7-9,13H2. The van der Waals surface area contributed by atoms with Crippen LogP contribution in [0.2, 0.25) is 10.0 Å². The summed E-state index contributed by atoms with van der Waals surface area (Å²) in [5.41, 5.74) is 0. The lowest BCUT2D eigenvalue weighted by molar-refractivity contribution is -0.153. The summed E-state index contributed by atoms with van der Waals surface area (Å²) in [6.45, 7) is -0.517. The monoisotopic (exact) mass is 532 g/mol. The lowest BCUT2D eigenvalue weighted by Crippen LogP contribution is -2.19. The van der Waals surface area contributed by atoms with Crippen molar-refractivity contribution < 1.29 is 32.1 Å². The van der Waals surface area contributed by atoms with Crippen LogP contribution in [0.4, 0.5) is 13.2 Å². The van der Waals surface area contributed by atoms with E-state index in [9.17, 15) is 13.2 Å². The molecule has 0 atom stereocenters. The second-order valence-corrected chi connectivity index (χ2v) is 8.13. The molecule has 0 N–H and O–H groups in total. The molecule has 32 heavy (non-hydrogen) atoms. The van der Waals surface area contributed by atoms with E-state index in [0.29, 0.717) is 53.3 Å². The van der Waals surface area contributed by atoms with Gasteiger partial charge in [-0.05, 0) is 31.1 Å². The number of halogens is 7. The number of hydrogen-bond donors (Lipinski definition) is 0. The fourth-order valence-electron chi connectivity index (χ4n) is 2.35. The Balaban J connectivity index is 1.72. The number of ether oxygens (including phenoxy) is 4. The molecule has 0 unspecified atom stereocenters. The first-order valence-corrected chi connectivity index (χ1v) is 10.8. The quantitative estimate of drug-likeness (QED) is 0.260. The van der Waals surface area contributed by atoms with Gasteiger partial charge in [0.1, 0.15) is 28.3 Å². The average molecular weight is 534 g/mol. The van der Waals surface area contributed by atoms with Crippen molar-refractivity contribution in [2.75, 3.05) is 26.4 Å². The summed E-state index contributed by atoms with van der Waals surface area (Å²) in [6, 6.07) is 9.16. The molecule has 2 aromatic carbocycles. The first kappa shape index (κ1) is 26.6. The second kappa shape index (κ2) is 13.1. The fourth-order valence-corrected chi connectivity index (χ4v) is 3.05. The summed E-state index contributed by atoms with van der Waals surface area (Å²) in [7, 11) is 0. The molecule has 0 fully saturated rings. The zero-order chi connectivity index (χ0) is 23.6. The molecule has 0 saturated carbocycles. The largest absolute Gasteiger partial charge is 0.493 e. The third-order valence-electron chi connectivity index (χ3n) is 3.72. The molecule has 0 heterocycles. The van der Waals surface area contributed by atoms with Crippen LogP contribution in [0.3, 0.4) is 0 Å². The van der Waals surface area contributed by atoms with Gasteiger partial charge in [0.05, 0.1) is 23.3 Å². The molecule has 0 aromatic heterocycles. The number of alkyl halides is 3. The second-order valence-electron chi connectivity index (χ2n) is 6.30. The Hall–Kier alpha value is -1.67. The van der Waals surface area contributed by atoms with Gasteiger partial charge < -0.3 is 18.9 Å². The molecule has 0 aliphatic carbocycles. The topological polar surface area (TPSA) is 36.9 Å². The van der Waals surface area contributed by atoms with Crippen LogP contribution in [-0.4, -0.2) is 32.6 Å². The van der Waals surface area contributed by atoms with Crippen molar-refractivity contribution in [1.29, 1.82) is 0 Å². The minimum atomic E-state index is -4.40. The highest BCUT2D eigenvalue weighted by molar-refractivity contribution is 6.55. The third-order valence-corrected chi connectivity index (χ3v) is 4.59. The van der Waals surface area contributed by atoms with Gasteiger partial charge in [0, 0.05) is 18.2 Å². The van der Waals surface area contributed by atoms with Crippen molar-refractivity contribution in [2.24, 2.45) is 0 Å². The highest BCUT2D eigenvalue weighted by Crippen LogP contribution is 2.37. The Morgan fingerprint density at radius 3 is 2.00 bits per heavy atom. The van der Waals surface area contributed by atoms with Crippen molar-refractivity contribution in [3.63, 3.8) is 0 Å². The minimum absolute atomic E-state index is 0.0849. The van der Waals surface area contributed by atoms with E-state index in [1.165, 1.54) is 18.2 Å². The number of unbranched alkanes of at least 4 members (excludes halogenated alkanes) is 1. The van der Waals surface area contributed by atoms with E-state index >= 15 is 0 Å². The first-order chi connectivity index (χ1) is 15.1. The Morgan fingerprint density at radius 1 is 0.812 bits per heavy atom. The molecule has 2 rings (SSSR count). The van der Waals surface area contributed by atoms with Gasteiger partial charge in [-0.1, -0.05) is 52.5 Å². The zero-order valence-electron chi connectivity index (χ0n) is 16.6. The fraction of sp³-hybridized carbons (Fsp3) is 0.333. The molecule has 4 nitrogen and oxygen atoms in total. The van der Waals surface area contributed by atoms with E-state index in [4.69, 9.17) is 65.4 Å². The first-order valence-electron chi connectivity index (χ1n) is 9.32. The molecule has 0 aliphatic rings. The molecule has 0 aliphatic heterocycles. The summed E-state index contributed by atoms with van der Waals surface area (Å²) in [5, 5.41) is 0.584. The van der Waals surface area contributed by atoms with Crippen molar-refractivity contribution in [2.45, 2.75) is 19.0 Å². The van der Waals surface area contributed by atoms with Gasteiger partial charge in [-0.2, -0.15) is 13.2 Å². The van der Waals surface area contributed by atoms with Crippen LogP contribution in [0.5, 0.6) is 23.0 Å². The molecule has 0 amide bonds. The van der Waals surface area contributed by atoms with Crippen LogP contribution < -0.4 is 18.9 Å². The maximum atomic E-state index is 12.2. The van der Waals surface area contributed by atoms with Gasteiger partial charge in [0.15, 0.2) is 12.4 Å². The van der Waals surface area contributed by atoms with E-state index < -0.39 is 12.8 Å². The van der Waals surface area contributed by atoms with E-state index in [1.807, 2.05) is 0 Å². The van der Waals surface area contributed by atoms with Crippen molar-refractivity contribution in [3.8, 4) is 23.0 Å². The van der Waals surface area contributed by atoms with E-state index in [0.717, 1.165) is 0 Å². The van der Waals surface area contributed by atoms with Gasteiger partial charge >= 0.3 is 6.18 Å². The molecule has 0 spiro atoms. The summed E-state index contributed by atoms with van der Waals surface area (Å²) in [5.74, 6) is 1.27. The Kier molecular flexibility index (Phi) is 10.9. The molecule has 0 saturated heterocycles. The lowest BCUT2D eigenvalue weighted by Gasteiger charge is -2.13. The van der Waals surface area contributed by atoms with Crippen molar-refractivity contribution in [1.82, 2.24) is 0 Å². The normalized spacial score (nSPS) is 11.1. The van der Waals surface area contributed by atoms with Crippen LogP contribution in [0.1, 0.15) is 12.8 Å². The van der Waals surface area contributed by atoms with Crippen LogP contribution in [0, 0.1) is 0 Å². The van der Waals surface area contributed by atoms with Crippen LogP contribution in [0.15, 0.2) is 47.0 Å². The van der Waals surface area contributed by atoms with Gasteiger partial charge in [-0.25, -0.2) is 0 Å². The maximum Gasteiger partial charge on any atom is 0.422 e. The van der Waals surface area contributed by atoms with E-state index in [-0.39, 0.29) is 16.8 Å². The Labute approximate surface area is 203 Å². The van der Waals surface area contributed by atoms with Gasteiger partial charge in [-0.15, -0.1) is 0 Å². The van der Waals surface area contributed by atoms with Crippen molar-refractivity contribution >= 4 is 46.4 Å². The summed E-state index contributed by atoms with van der Waals surface area (Å²) < 4.78 is 58.1. The highest BCUT2D eigenvalue weighted by atomic mass is 35.5. The third kappa shape index (κ3) is 10.3. The summed E-state index contributed by atoms with van der Waals surface area (Å²) in [6.07, 6.45) is -1.65. The summed E-state index contributed by atoms with van der Waals surface area (Å²) in [4.78, 5) is 0. The van der Waals surface area contributed by atoms with Crippen LogP contribution in [0.25, 0.3) is 0 Å². The van der Waals surface area contributed by atoms with Gasteiger partial charge in [0.2, 0.25) is 0 Å². The molecule has 2 aromatic rings. The predicted molar refractivity (Wildman–Crippen MR) is 120 cm³/mol.